The molecule has 0 spiro atoms. The van der Waals surface area contributed by atoms with Gasteiger partial charge in [-0.1, -0.05) is 12.8 Å². The molecule has 1 aromatic carbocycles. The van der Waals surface area contributed by atoms with Crippen molar-refractivity contribution in [3.63, 3.8) is 0 Å². The molecule has 0 unspecified atom stereocenters. The predicted molar refractivity (Wildman–Crippen MR) is 73.0 cm³/mol. The van der Waals surface area contributed by atoms with E-state index in [1.807, 2.05) is 6.07 Å². The number of carbonyl (C=O) groups is 1. The van der Waals surface area contributed by atoms with Gasteiger partial charge in [0.1, 0.15) is 5.82 Å². The second-order valence-corrected chi connectivity index (χ2v) is 5.44. The number of halogens is 1. The Morgan fingerprint density at radius 1 is 1.50 bits per heavy atom. The Morgan fingerprint density at radius 3 is 2.75 bits per heavy atom. The third-order valence-electron chi connectivity index (χ3n) is 3.85. The summed E-state index contributed by atoms with van der Waals surface area (Å²) in [5.41, 5.74) is 6.02. The molecule has 0 saturated heterocycles. The summed E-state index contributed by atoms with van der Waals surface area (Å²) in [7, 11) is 1.62. The maximum atomic E-state index is 13.7. The van der Waals surface area contributed by atoms with Crippen molar-refractivity contribution in [1.82, 2.24) is 4.90 Å². The first-order valence-electron chi connectivity index (χ1n) is 6.69. The minimum Gasteiger partial charge on any atom is -0.340 e. The molecule has 5 heteroatoms. The van der Waals surface area contributed by atoms with Gasteiger partial charge in [0, 0.05) is 19.2 Å². The normalized spacial score (nSPS) is 16.7. The van der Waals surface area contributed by atoms with Gasteiger partial charge < -0.3 is 10.6 Å². The molecule has 1 aromatic rings. The van der Waals surface area contributed by atoms with Gasteiger partial charge in [0.15, 0.2) is 0 Å². The molecule has 0 aliphatic heterocycles. The highest BCUT2D eigenvalue weighted by molar-refractivity contribution is 5.86. The van der Waals surface area contributed by atoms with Crippen LogP contribution in [0.5, 0.6) is 0 Å². The Hall–Kier alpha value is -1.93. The molecule has 0 heterocycles. The smallest absolute Gasteiger partial charge is 0.242 e. The SMILES string of the molecule is CN(Cc1cc(C#N)ccc1F)C(=O)C1(N)CCCC1. The molecule has 1 aliphatic carbocycles. The highest BCUT2D eigenvalue weighted by Gasteiger charge is 2.38. The Labute approximate surface area is 118 Å². The highest BCUT2D eigenvalue weighted by Crippen LogP contribution is 2.29. The molecule has 1 aliphatic rings. The van der Waals surface area contributed by atoms with Crippen molar-refractivity contribution >= 4 is 5.91 Å². The van der Waals surface area contributed by atoms with Crippen molar-refractivity contribution in [2.24, 2.45) is 5.73 Å². The molecule has 1 amide bonds. The van der Waals surface area contributed by atoms with E-state index in [0.29, 0.717) is 24.0 Å². The molecule has 4 nitrogen and oxygen atoms in total. The lowest BCUT2D eigenvalue weighted by molar-refractivity contribution is -0.136. The van der Waals surface area contributed by atoms with Crippen LogP contribution in [-0.4, -0.2) is 23.4 Å². The number of hydrogen-bond donors (Lipinski definition) is 1. The predicted octanol–water partition coefficient (Wildman–Crippen LogP) is 1.93. The van der Waals surface area contributed by atoms with Crippen molar-refractivity contribution < 1.29 is 9.18 Å². The van der Waals surface area contributed by atoms with Crippen LogP contribution in [0.1, 0.15) is 36.8 Å². The first-order valence-corrected chi connectivity index (χ1v) is 6.69. The largest absolute Gasteiger partial charge is 0.340 e. The van der Waals surface area contributed by atoms with Gasteiger partial charge in [0.05, 0.1) is 17.2 Å². The van der Waals surface area contributed by atoms with Crippen molar-refractivity contribution in [2.45, 2.75) is 37.8 Å². The molecule has 0 radical (unpaired) electrons. The monoisotopic (exact) mass is 275 g/mol. The number of hydrogen-bond acceptors (Lipinski definition) is 3. The number of amides is 1. The fourth-order valence-electron chi connectivity index (χ4n) is 2.69. The first kappa shape index (κ1) is 14.5. The van der Waals surface area contributed by atoms with Crippen LogP contribution in [0, 0.1) is 17.1 Å². The molecule has 0 atom stereocenters. The van der Waals surface area contributed by atoms with E-state index >= 15 is 0 Å². The highest BCUT2D eigenvalue weighted by atomic mass is 19.1. The second-order valence-electron chi connectivity index (χ2n) is 5.44. The number of nitrogens with two attached hydrogens (primary N) is 1. The standard InChI is InChI=1S/C15H18FN3O/c1-19(14(20)15(18)6-2-3-7-15)10-12-8-11(9-17)4-5-13(12)16/h4-5,8H,2-3,6-7,10,18H2,1H3. The number of carbonyl (C=O) groups excluding carboxylic acids is 1. The van der Waals surface area contributed by atoms with Gasteiger partial charge in [-0.15, -0.1) is 0 Å². The number of likely N-dealkylation sites (N-methyl/N-ethyl adjacent to an activating group) is 1. The molecule has 2 N–H and O–H groups in total. The maximum Gasteiger partial charge on any atom is 0.242 e. The molecule has 0 aromatic heterocycles. The zero-order valence-electron chi connectivity index (χ0n) is 11.5. The van der Waals surface area contributed by atoms with E-state index in [9.17, 15) is 9.18 Å². The van der Waals surface area contributed by atoms with Crippen LogP contribution in [0.4, 0.5) is 4.39 Å². The lowest BCUT2D eigenvalue weighted by Crippen LogP contribution is -2.52. The van der Waals surface area contributed by atoms with E-state index in [4.69, 9.17) is 11.0 Å². The Morgan fingerprint density at radius 2 is 2.15 bits per heavy atom. The van der Waals surface area contributed by atoms with Crippen LogP contribution in [0.25, 0.3) is 0 Å². The zero-order chi connectivity index (χ0) is 14.8. The first-order chi connectivity index (χ1) is 9.46. The van der Waals surface area contributed by atoms with E-state index in [0.717, 1.165) is 12.8 Å². The van der Waals surface area contributed by atoms with Crippen molar-refractivity contribution in [1.29, 1.82) is 5.26 Å². The summed E-state index contributed by atoms with van der Waals surface area (Å²) in [4.78, 5) is 13.8. The summed E-state index contributed by atoms with van der Waals surface area (Å²) >= 11 is 0. The van der Waals surface area contributed by atoms with E-state index in [-0.39, 0.29) is 12.5 Å². The van der Waals surface area contributed by atoms with Gasteiger partial charge in [-0.3, -0.25) is 4.79 Å². The summed E-state index contributed by atoms with van der Waals surface area (Å²) in [5.74, 6) is -0.571. The van der Waals surface area contributed by atoms with E-state index in [2.05, 4.69) is 0 Å². The lowest BCUT2D eigenvalue weighted by atomic mass is 9.97. The van der Waals surface area contributed by atoms with Crippen molar-refractivity contribution in [2.75, 3.05) is 7.05 Å². The maximum absolute atomic E-state index is 13.7. The Kier molecular flexibility index (Phi) is 4.05. The fourth-order valence-corrected chi connectivity index (χ4v) is 2.69. The van der Waals surface area contributed by atoms with Gasteiger partial charge in [0.25, 0.3) is 0 Å². The quantitative estimate of drug-likeness (QED) is 0.916. The minimum atomic E-state index is -0.807. The van der Waals surface area contributed by atoms with Crippen molar-refractivity contribution in [3.05, 3.63) is 35.1 Å². The summed E-state index contributed by atoms with van der Waals surface area (Å²) in [6, 6.07) is 6.10. The number of rotatable bonds is 3. The van der Waals surface area contributed by atoms with E-state index in [1.54, 1.807) is 7.05 Å². The van der Waals surface area contributed by atoms with Crippen LogP contribution in [0.15, 0.2) is 18.2 Å². The van der Waals surface area contributed by atoms with Gasteiger partial charge in [-0.05, 0) is 31.0 Å². The molecule has 2 rings (SSSR count). The molecule has 1 saturated carbocycles. The van der Waals surface area contributed by atoms with Crippen LogP contribution in [0.3, 0.4) is 0 Å². The number of benzene rings is 1. The molecule has 106 valence electrons. The zero-order valence-corrected chi connectivity index (χ0v) is 11.5. The Balaban J connectivity index is 2.13. The third kappa shape index (κ3) is 2.81. The molecule has 0 bridgehead atoms. The average Bonchev–Trinajstić information content (AvgIpc) is 2.88. The molecular formula is C15H18FN3O. The van der Waals surface area contributed by atoms with Gasteiger partial charge in [0.2, 0.25) is 5.91 Å². The summed E-state index contributed by atoms with van der Waals surface area (Å²) < 4.78 is 13.7. The summed E-state index contributed by atoms with van der Waals surface area (Å²) in [6.45, 7) is 0.124. The van der Waals surface area contributed by atoms with Crippen LogP contribution in [0.2, 0.25) is 0 Å². The molecular weight excluding hydrogens is 257 g/mol. The third-order valence-corrected chi connectivity index (χ3v) is 3.85. The van der Waals surface area contributed by atoms with Crippen LogP contribution >= 0.6 is 0 Å². The fraction of sp³-hybridized carbons (Fsp3) is 0.467. The Bertz CT molecular complexity index is 559. The van der Waals surface area contributed by atoms with Crippen molar-refractivity contribution in [3.8, 4) is 6.07 Å². The number of nitriles is 1. The summed E-state index contributed by atoms with van der Waals surface area (Å²) in [6.07, 6.45) is 3.26. The van der Waals surface area contributed by atoms with Crippen LogP contribution in [-0.2, 0) is 11.3 Å². The topological polar surface area (TPSA) is 70.1 Å². The molecule has 1 fully saturated rings. The number of nitrogens with zero attached hydrogens (tertiary/aromatic N) is 2. The van der Waals surface area contributed by atoms with E-state index in [1.165, 1.54) is 23.1 Å². The van der Waals surface area contributed by atoms with E-state index < -0.39 is 11.4 Å². The van der Waals surface area contributed by atoms with Gasteiger partial charge >= 0.3 is 0 Å². The minimum absolute atomic E-state index is 0.124. The van der Waals surface area contributed by atoms with Gasteiger partial charge in [-0.25, -0.2) is 4.39 Å². The molecule has 20 heavy (non-hydrogen) atoms. The lowest BCUT2D eigenvalue weighted by Gasteiger charge is -2.28. The second kappa shape index (κ2) is 5.59. The van der Waals surface area contributed by atoms with Crippen LogP contribution < -0.4 is 5.73 Å². The summed E-state index contributed by atoms with van der Waals surface area (Å²) in [5, 5.41) is 8.84. The van der Waals surface area contributed by atoms with Gasteiger partial charge in [-0.2, -0.15) is 5.26 Å². The average molecular weight is 275 g/mol.